The zero-order chi connectivity index (χ0) is 12.4. The van der Waals surface area contributed by atoms with Crippen molar-refractivity contribution in [1.82, 2.24) is 0 Å². The van der Waals surface area contributed by atoms with Crippen LogP contribution in [0, 0.1) is 11.7 Å². The van der Waals surface area contributed by atoms with Crippen molar-refractivity contribution >= 4 is 17.6 Å². The molecule has 17 heavy (non-hydrogen) atoms. The first-order valence-electron chi connectivity index (χ1n) is 5.37. The quantitative estimate of drug-likeness (QED) is 0.839. The lowest BCUT2D eigenvalue weighted by atomic mass is 10.1. The molecule has 0 radical (unpaired) electrons. The molecule has 1 aliphatic rings. The van der Waals surface area contributed by atoms with Crippen LogP contribution in [0.25, 0.3) is 0 Å². The van der Waals surface area contributed by atoms with E-state index in [1.54, 1.807) is 0 Å². The largest absolute Gasteiger partial charge is 0.481 e. The minimum Gasteiger partial charge on any atom is -0.481 e. The van der Waals surface area contributed by atoms with E-state index in [1.807, 2.05) is 0 Å². The Labute approximate surface area is 97.4 Å². The number of carboxylic acid groups (broad SMARTS) is 1. The molecule has 1 aromatic rings. The van der Waals surface area contributed by atoms with Crippen LogP contribution in [-0.2, 0) is 16.0 Å². The topological polar surface area (TPSA) is 66.4 Å². The van der Waals surface area contributed by atoms with Gasteiger partial charge in [0.05, 0.1) is 6.42 Å². The summed E-state index contributed by atoms with van der Waals surface area (Å²) in [6.45, 7) is 0. The molecule has 0 unspecified atom stereocenters. The molecule has 90 valence electrons. The molecule has 4 nitrogen and oxygen atoms in total. The Kier molecular flexibility index (Phi) is 3.08. The summed E-state index contributed by atoms with van der Waals surface area (Å²) in [5.41, 5.74) is 0.482. The number of carbonyl (C=O) groups is 2. The molecule has 1 aromatic carbocycles. The second-order valence-electron chi connectivity index (χ2n) is 4.14. The number of hydrogen-bond donors (Lipinski definition) is 2. The molecule has 0 aromatic heterocycles. The molecule has 0 aliphatic heterocycles. The Morgan fingerprint density at radius 1 is 1.41 bits per heavy atom. The van der Waals surface area contributed by atoms with Crippen molar-refractivity contribution in [2.75, 3.05) is 5.32 Å². The Hall–Kier alpha value is -1.91. The van der Waals surface area contributed by atoms with E-state index in [0.29, 0.717) is 5.69 Å². The van der Waals surface area contributed by atoms with Gasteiger partial charge in [0.2, 0.25) is 5.91 Å². The lowest BCUT2D eigenvalue weighted by molar-refractivity contribution is -0.136. The van der Waals surface area contributed by atoms with Gasteiger partial charge in [0.25, 0.3) is 0 Å². The predicted octanol–water partition coefficient (Wildman–Crippen LogP) is 1.80. The second kappa shape index (κ2) is 4.53. The minimum absolute atomic E-state index is 0.0526. The summed E-state index contributed by atoms with van der Waals surface area (Å²) < 4.78 is 13.5. The van der Waals surface area contributed by atoms with Gasteiger partial charge >= 0.3 is 5.97 Å². The monoisotopic (exact) mass is 237 g/mol. The van der Waals surface area contributed by atoms with E-state index < -0.39 is 11.8 Å². The highest BCUT2D eigenvalue weighted by atomic mass is 19.1. The minimum atomic E-state index is -1.08. The number of aliphatic carboxylic acids is 1. The zero-order valence-electron chi connectivity index (χ0n) is 9.07. The van der Waals surface area contributed by atoms with Crippen molar-refractivity contribution in [2.45, 2.75) is 19.3 Å². The summed E-state index contributed by atoms with van der Waals surface area (Å²) >= 11 is 0. The first kappa shape index (κ1) is 11.6. The van der Waals surface area contributed by atoms with Crippen molar-refractivity contribution in [1.29, 1.82) is 0 Å². The number of anilines is 1. The highest BCUT2D eigenvalue weighted by Gasteiger charge is 2.29. The van der Waals surface area contributed by atoms with Crippen LogP contribution in [0.1, 0.15) is 18.4 Å². The Morgan fingerprint density at radius 3 is 2.65 bits per heavy atom. The van der Waals surface area contributed by atoms with Crippen molar-refractivity contribution < 1.29 is 19.1 Å². The zero-order valence-corrected chi connectivity index (χ0v) is 9.07. The average molecular weight is 237 g/mol. The average Bonchev–Trinajstić information content (AvgIpc) is 3.05. The molecule has 2 N–H and O–H groups in total. The molecule has 0 saturated heterocycles. The molecule has 1 saturated carbocycles. The van der Waals surface area contributed by atoms with E-state index in [4.69, 9.17) is 5.11 Å². The molecule has 0 bridgehead atoms. The first-order chi connectivity index (χ1) is 8.06. The molecule has 1 fully saturated rings. The summed E-state index contributed by atoms with van der Waals surface area (Å²) in [5.74, 6) is -1.74. The van der Waals surface area contributed by atoms with Crippen LogP contribution < -0.4 is 5.32 Å². The van der Waals surface area contributed by atoms with Crippen LogP contribution in [0.5, 0.6) is 0 Å². The Balaban J connectivity index is 2.07. The maximum atomic E-state index is 13.5. The number of amides is 1. The number of nitrogens with one attached hydrogen (secondary N) is 1. The van der Waals surface area contributed by atoms with Gasteiger partial charge in [-0.2, -0.15) is 0 Å². The normalized spacial score (nSPS) is 14.4. The third-order valence-electron chi connectivity index (χ3n) is 2.61. The van der Waals surface area contributed by atoms with Gasteiger partial charge in [-0.15, -0.1) is 0 Å². The molecule has 1 amide bonds. The van der Waals surface area contributed by atoms with E-state index in [9.17, 15) is 14.0 Å². The summed E-state index contributed by atoms with van der Waals surface area (Å²) in [5, 5.41) is 11.1. The van der Waals surface area contributed by atoms with Gasteiger partial charge in [-0.1, -0.05) is 6.07 Å². The highest BCUT2D eigenvalue weighted by molar-refractivity contribution is 5.94. The molecule has 2 rings (SSSR count). The summed E-state index contributed by atoms with van der Waals surface area (Å²) in [7, 11) is 0. The molecular weight excluding hydrogens is 225 g/mol. The van der Waals surface area contributed by atoms with Gasteiger partial charge in [-0.3, -0.25) is 9.59 Å². The summed E-state index contributed by atoms with van der Waals surface area (Å²) in [4.78, 5) is 21.9. The summed E-state index contributed by atoms with van der Waals surface area (Å²) in [6, 6.07) is 4.05. The van der Waals surface area contributed by atoms with E-state index in [0.717, 1.165) is 18.9 Å². The van der Waals surface area contributed by atoms with E-state index >= 15 is 0 Å². The van der Waals surface area contributed by atoms with Gasteiger partial charge < -0.3 is 10.4 Å². The Morgan fingerprint density at radius 2 is 2.12 bits per heavy atom. The molecule has 5 heteroatoms. The van der Waals surface area contributed by atoms with Crippen LogP contribution in [-0.4, -0.2) is 17.0 Å². The fraction of sp³-hybridized carbons (Fsp3) is 0.333. The van der Waals surface area contributed by atoms with Crippen LogP contribution in [0.4, 0.5) is 10.1 Å². The smallest absolute Gasteiger partial charge is 0.307 e. The van der Waals surface area contributed by atoms with Crippen LogP contribution >= 0.6 is 0 Å². The number of hydrogen-bond acceptors (Lipinski definition) is 2. The molecule has 0 atom stereocenters. The molecule has 1 aliphatic carbocycles. The summed E-state index contributed by atoms with van der Waals surface area (Å²) in [6.07, 6.45) is 1.40. The number of benzene rings is 1. The van der Waals surface area contributed by atoms with Gasteiger partial charge in [0, 0.05) is 11.6 Å². The van der Waals surface area contributed by atoms with Crippen molar-refractivity contribution in [2.24, 2.45) is 5.92 Å². The molecule has 0 spiro atoms. The Bertz CT molecular complexity index is 469. The number of rotatable bonds is 4. The van der Waals surface area contributed by atoms with Gasteiger partial charge in [0.15, 0.2) is 0 Å². The fourth-order valence-electron chi connectivity index (χ4n) is 1.52. The van der Waals surface area contributed by atoms with Crippen LogP contribution in [0.2, 0.25) is 0 Å². The van der Waals surface area contributed by atoms with E-state index in [1.165, 1.54) is 12.1 Å². The van der Waals surface area contributed by atoms with Gasteiger partial charge in [-0.25, -0.2) is 4.39 Å². The lowest BCUT2D eigenvalue weighted by Gasteiger charge is -2.06. The molecular formula is C12H12FNO3. The maximum Gasteiger partial charge on any atom is 0.307 e. The standard InChI is InChI=1S/C12H12FNO3/c13-10-6-9(14-12(17)7-1-2-7)4-3-8(10)5-11(15)16/h3-4,6-7H,1-2,5H2,(H,14,17)(H,15,16). The number of halogens is 1. The third-order valence-corrected chi connectivity index (χ3v) is 2.61. The SMILES string of the molecule is O=C(O)Cc1ccc(NC(=O)C2CC2)cc1F. The van der Waals surface area contributed by atoms with Crippen molar-refractivity contribution in [3.05, 3.63) is 29.6 Å². The van der Waals surface area contributed by atoms with Crippen LogP contribution in [0.15, 0.2) is 18.2 Å². The van der Waals surface area contributed by atoms with Crippen LogP contribution in [0.3, 0.4) is 0 Å². The predicted molar refractivity (Wildman–Crippen MR) is 59.1 cm³/mol. The van der Waals surface area contributed by atoms with E-state index in [-0.39, 0.29) is 23.8 Å². The second-order valence-corrected chi connectivity index (χ2v) is 4.14. The lowest BCUT2D eigenvalue weighted by Crippen LogP contribution is -2.13. The van der Waals surface area contributed by atoms with Gasteiger partial charge in [0.1, 0.15) is 5.82 Å². The highest BCUT2D eigenvalue weighted by Crippen LogP contribution is 2.30. The first-order valence-corrected chi connectivity index (χ1v) is 5.37. The van der Waals surface area contributed by atoms with Crippen molar-refractivity contribution in [3.8, 4) is 0 Å². The van der Waals surface area contributed by atoms with Gasteiger partial charge in [-0.05, 0) is 30.5 Å². The molecule has 0 heterocycles. The maximum absolute atomic E-state index is 13.5. The van der Waals surface area contributed by atoms with Crippen molar-refractivity contribution in [3.63, 3.8) is 0 Å². The number of carbonyl (C=O) groups excluding carboxylic acids is 1. The third kappa shape index (κ3) is 3.03. The number of carboxylic acids is 1. The fourth-order valence-corrected chi connectivity index (χ4v) is 1.52. The van der Waals surface area contributed by atoms with E-state index in [2.05, 4.69) is 5.32 Å².